The molecule has 2 amide bonds. The minimum atomic E-state index is -0.802. The van der Waals surface area contributed by atoms with Gasteiger partial charge in [-0.15, -0.1) is 0 Å². The quantitative estimate of drug-likeness (QED) is 0.737. The highest BCUT2D eigenvalue weighted by molar-refractivity contribution is 5.99. The number of carbonyl (C=O) groups excluding carboxylic acids is 2. The van der Waals surface area contributed by atoms with Crippen molar-refractivity contribution >= 4 is 11.8 Å². The first-order valence-electron chi connectivity index (χ1n) is 7.00. The second-order valence-corrected chi connectivity index (χ2v) is 5.95. The monoisotopic (exact) mass is 270 g/mol. The van der Waals surface area contributed by atoms with Crippen LogP contribution in [0.1, 0.15) is 41.0 Å². The third-order valence-corrected chi connectivity index (χ3v) is 3.42. The summed E-state index contributed by atoms with van der Waals surface area (Å²) in [6.45, 7) is 11.2. The first-order valence-corrected chi connectivity index (χ1v) is 7.00. The number of nitrogens with one attached hydrogen (secondary N) is 1. The van der Waals surface area contributed by atoms with E-state index < -0.39 is 11.6 Å². The van der Waals surface area contributed by atoms with Crippen molar-refractivity contribution in [3.05, 3.63) is 0 Å². The van der Waals surface area contributed by atoms with Gasteiger partial charge in [-0.05, 0) is 26.2 Å². The van der Waals surface area contributed by atoms with Crippen LogP contribution in [0.4, 0.5) is 0 Å². The first-order chi connectivity index (χ1) is 8.80. The smallest absolute Gasteiger partial charge is 0.246 e. The molecule has 1 aliphatic rings. The molecule has 5 heteroatoms. The molecule has 1 unspecified atom stereocenters. The van der Waals surface area contributed by atoms with E-state index in [9.17, 15) is 9.59 Å². The van der Waals surface area contributed by atoms with Gasteiger partial charge in [0.05, 0.1) is 6.61 Å². The molecule has 0 spiro atoms. The van der Waals surface area contributed by atoms with E-state index in [1.807, 2.05) is 6.92 Å². The number of hydrogen-bond donors (Lipinski definition) is 1. The van der Waals surface area contributed by atoms with Crippen LogP contribution in [0.5, 0.6) is 0 Å². The van der Waals surface area contributed by atoms with E-state index in [0.29, 0.717) is 32.1 Å². The molecule has 0 aromatic carbocycles. The minimum absolute atomic E-state index is 0.0137. The predicted octanol–water partition coefficient (Wildman–Crippen LogP) is 1.17. The molecule has 5 nitrogen and oxygen atoms in total. The Kier molecular flexibility index (Phi) is 5.35. The third-order valence-electron chi connectivity index (χ3n) is 3.42. The molecule has 1 aliphatic heterocycles. The van der Waals surface area contributed by atoms with Gasteiger partial charge in [-0.1, -0.05) is 20.8 Å². The highest BCUT2D eigenvalue weighted by Gasteiger charge is 2.45. The number of piperazine rings is 1. The van der Waals surface area contributed by atoms with E-state index in [1.54, 1.807) is 18.7 Å². The molecule has 0 aromatic rings. The molecular weight excluding hydrogens is 244 g/mol. The molecule has 1 heterocycles. The van der Waals surface area contributed by atoms with Crippen LogP contribution in [-0.2, 0) is 14.3 Å². The highest BCUT2D eigenvalue weighted by atomic mass is 16.5. The SMILES string of the molecule is CCC1NC(=O)C(C)(C)N(CCOCC(C)C)C1=O. The molecule has 0 aromatic heterocycles. The van der Waals surface area contributed by atoms with Gasteiger partial charge in [0.25, 0.3) is 0 Å². The number of ether oxygens (including phenoxy) is 1. The van der Waals surface area contributed by atoms with Gasteiger partial charge in [-0.25, -0.2) is 0 Å². The molecule has 0 saturated carbocycles. The summed E-state index contributed by atoms with van der Waals surface area (Å²) in [5.74, 6) is 0.361. The Balaban J connectivity index is 2.65. The van der Waals surface area contributed by atoms with Crippen LogP contribution in [0.2, 0.25) is 0 Å². The number of hydrogen-bond acceptors (Lipinski definition) is 3. The second-order valence-electron chi connectivity index (χ2n) is 5.95. The lowest BCUT2D eigenvalue weighted by Crippen LogP contribution is -2.68. The number of rotatable bonds is 6. The van der Waals surface area contributed by atoms with Crippen LogP contribution in [0.25, 0.3) is 0 Å². The fraction of sp³-hybridized carbons (Fsp3) is 0.857. The van der Waals surface area contributed by atoms with E-state index in [1.165, 1.54) is 0 Å². The average Bonchev–Trinajstić information content (AvgIpc) is 2.32. The normalized spacial score (nSPS) is 22.8. The Morgan fingerprint density at radius 2 is 2.00 bits per heavy atom. The summed E-state index contributed by atoms with van der Waals surface area (Å²) >= 11 is 0. The number of amides is 2. The maximum Gasteiger partial charge on any atom is 0.246 e. The Bertz CT molecular complexity index is 340. The lowest BCUT2D eigenvalue weighted by molar-refractivity contribution is -0.156. The van der Waals surface area contributed by atoms with E-state index in [4.69, 9.17) is 4.74 Å². The zero-order valence-corrected chi connectivity index (χ0v) is 12.7. The van der Waals surface area contributed by atoms with Crippen molar-refractivity contribution in [1.29, 1.82) is 0 Å². The molecule has 1 fully saturated rings. The van der Waals surface area contributed by atoms with Crippen molar-refractivity contribution in [3.63, 3.8) is 0 Å². The summed E-state index contributed by atoms with van der Waals surface area (Å²) in [7, 11) is 0. The van der Waals surface area contributed by atoms with Gasteiger partial charge in [-0.2, -0.15) is 0 Å². The third kappa shape index (κ3) is 3.69. The van der Waals surface area contributed by atoms with E-state index in [2.05, 4.69) is 19.2 Å². The van der Waals surface area contributed by atoms with Crippen molar-refractivity contribution in [1.82, 2.24) is 10.2 Å². The van der Waals surface area contributed by atoms with E-state index in [0.717, 1.165) is 0 Å². The summed E-state index contributed by atoms with van der Waals surface area (Å²) in [6, 6.07) is -0.398. The van der Waals surface area contributed by atoms with Gasteiger partial charge in [0, 0.05) is 13.2 Å². The Labute approximate surface area is 115 Å². The maximum absolute atomic E-state index is 12.3. The number of nitrogens with zero attached hydrogens (tertiary/aromatic N) is 1. The van der Waals surface area contributed by atoms with Crippen molar-refractivity contribution in [3.8, 4) is 0 Å². The van der Waals surface area contributed by atoms with Crippen molar-refractivity contribution in [2.45, 2.75) is 52.6 Å². The van der Waals surface area contributed by atoms with E-state index >= 15 is 0 Å². The molecular formula is C14H26N2O3. The van der Waals surface area contributed by atoms with Gasteiger partial charge >= 0.3 is 0 Å². The first kappa shape index (κ1) is 16.0. The topological polar surface area (TPSA) is 58.6 Å². The van der Waals surface area contributed by atoms with Gasteiger partial charge in [0.15, 0.2) is 0 Å². The standard InChI is InChI=1S/C14H26N2O3/c1-6-11-12(17)16(7-8-19-9-10(2)3)14(4,5)13(18)15-11/h10-11H,6-9H2,1-5H3,(H,15,18). The molecule has 0 radical (unpaired) electrons. The van der Waals surface area contributed by atoms with Gasteiger partial charge < -0.3 is 15.0 Å². The molecule has 19 heavy (non-hydrogen) atoms. The van der Waals surface area contributed by atoms with Gasteiger partial charge in [0.2, 0.25) is 11.8 Å². The molecule has 1 atom stereocenters. The van der Waals surface area contributed by atoms with Crippen LogP contribution >= 0.6 is 0 Å². The lowest BCUT2D eigenvalue weighted by atomic mass is 9.95. The van der Waals surface area contributed by atoms with Crippen LogP contribution in [0, 0.1) is 5.92 Å². The van der Waals surface area contributed by atoms with Crippen LogP contribution < -0.4 is 5.32 Å². The van der Waals surface area contributed by atoms with Crippen molar-refractivity contribution in [2.75, 3.05) is 19.8 Å². The number of carbonyl (C=O) groups is 2. The average molecular weight is 270 g/mol. The van der Waals surface area contributed by atoms with Crippen molar-refractivity contribution < 1.29 is 14.3 Å². The maximum atomic E-state index is 12.3. The van der Waals surface area contributed by atoms with Gasteiger partial charge in [-0.3, -0.25) is 9.59 Å². The molecule has 0 bridgehead atoms. The van der Waals surface area contributed by atoms with Crippen molar-refractivity contribution in [2.24, 2.45) is 5.92 Å². The fourth-order valence-corrected chi connectivity index (χ4v) is 2.12. The molecule has 0 aliphatic carbocycles. The highest BCUT2D eigenvalue weighted by Crippen LogP contribution is 2.21. The summed E-state index contributed by atoms with van der Waals surface area (Å²) in [5, 5.41) is 2.77. The summed E-state index contributed by atoms with van der Waals surface area (Å²) in [6.07, 6.45) is 0.615. The Morgan fingerprint density at radius 3 is 2.53 bits per heavy atom. The largest absolute Gasteiger partial charge is 0.379 e. The Morgan fingerprint density at radius 1 is 1.37 bits per heavy atom. The summed E-state index contributed by atoms with van der Waals surface area (Å²) < 4.78 is 5.52. The summed E-state index contributed by atoms with van der Waals surface area (Å²) in [4.78, 5) is 26.0. The molecule has 1 saturated heterocycles. The van der Waals surface area contributed by atoms with Crippen LogP contribution in [-0.4, -0.2) is 48.1 Å². The molecule has 110 valence electrons. The zero-order chi connectivity index (χ0) is 14.6. The second kappa shape index (κ2) is 6.37. The predicted molar refractivity (Wildman–Crippen MR) is 73.7 cm³/mol. The van der Waals surface area contributed by atoms with E-state index in [-0.39, 0.29) is 11.8 Å². The summed E-state index contributed by atoms with van der Waals surface area (Å²) in [5.41, 5.74) is -0.802. The van der Waals surface area contributed by atoms with Crippen LogP contribution in [0.3, 0.4) is 0 Å². The minimum Gasteiger partial charge on any atom is -0.379 e. The fourth-order valence-electron chi connectivity index (χ4n) is 2.12. The van der Waals surface area contributed by atoms with Gasteiger partial charge in [0.1, 0.15) is 11.6 Å². The zero-order valence-electron chi connectivity index (χ0n) is 12.7. The Hall–Kier alpha value is -1.10. The molecule has 1 N–H and O–H groups in total. The van der Waals surface area contributed by atoms with Crippen LogP contribution in [0.15, 0.2) is 0 Å². The molecule has 1 rings (SSSR count). The lowest BCUT2D eigenvalue weighted by Gasteiger charge is -2.44.